The number of aromatic carboxylic acids is 1. The van der Waals surface area contributed by atoms with Gasteiger partial charge in [0.1, 0.15) is 0 Å². The van der Waals surface area contributed by atoms with Crippen molar-refractivity contribution in [3.63, 3.8) is 0 Å². The number of carbonyl (C=O) groups is 1. The van der Waals surface area contributed by atoms with Crippen LogP contribution >= 0.6 is 0 Å². The van der Waals surface area contributed by atoms with Gasteiger partial charge in [-0.2, -0.15) is 0 Å². The first kappa shape index (κ1) is 13.1. The number of nitro groups is 1. The van der Waals surface area contributed by atoms with E-state index in [0.717, 1.165) is 12.1 Å². The van der Waals surface area contributed by atoms with E-state index in [4.69, 9.17) is 5.11 Å². The molecule has 1 rings (SSSR count). The number of hydrogen-bond donors (Lipinski definition) is 1. The van der Waals surface area contributed by atoms with E-state index in [1.807, 2.05) is 0 Å². The summed E-state index contributed by atoms with van der Waals surface area (Å²) in [6.07, 6.45) is 0. The third kappa shape index (κ3) is 3.79. The molecular weight excluding hydrogens is 295 g/mol. The Morgan fingerprint density at radius 2 is 1.77 bits per heavy atom. The van der Waals surface area contributed by atoms with Crippen LogP contribution in [-0.4, -0.2) is 84.9 Å². The number of benzene rings is 1. The molecule has 0 atom stereocenters. The van der Waals surface area contributed by atoms with Crippen molar-refractivity contribution >= 4 is 80.6 Å². The van der Waals surface area contributed by atoms with Crippen LogP contribution in [0.25, 0.3) is 0 Å². The van der Waals surface area contributed by atoms with Gasteiger partial charge in [0.15, 0.2) is 0 Å². The summed E-state index contributed by atoms with van der Waals surface area (Å²) in [6.45, 7) is 0. The van der Waals surface area contributed by atoms with Crippen molar-refractivity contribution < 1.29 is 14.8 Å². The Kier molecular flexibility index (Phi) is 5.85. The Balaban J connectivity index is 0.00000144. The van der Waals surface area contributed by atoms with Crippen molar-refractivity contribution in [2.75, 3.05) is 0 Å². The van der Waals surface area contributed by atoms with Gasteiger partial charge in [0.25, 0.3) is 5.69 Å². The molecule has 0 heterocycles. The topological polar surface area (TPSA) is 80.4 Å². The maximum atomic E-state index is 10.3. The van der Waals surface area contributed by atoms with Crippen molar-refractivity contribution in [1.82, 2.24) is 0 Å². The number of rotatable bonds is 2. The quantitative estimate of drug-likeness (QED) is 0.642. The van der Waals surface area contributed by atoms with Crippen molar-refractivity contribution in [2.45, 2.75) is 0 Å². The van der Waals surface area contributed by atoms with Crippen LogP contribution in [-0.2, 0) is 0 Å². The van der Waals surface area contributed by atoms with Crippen molar-refractivity contribution in [3.05, 3.63) is 39.9 Å². The number of nitrogens with zero attached hydrogens (tertiary/aromatic N) is 1. The summed E-state index contributed by atoms with van der Waals surface area (Å²) in [5.74, 6) is -1.09. The van der Waals surface area contributed by atoms with E-state index in [1.54, 1.807) is 0 Å². The molecule has 0 unspecified atom stereocenters. The molecule has 1 N–H and O–H groups in total. The summed E-state index contributed by atoms with van der Waals surface area (Å²) in [5.41, 5.74) is -0.0689. The molecule has 0 aromatic heterocycles. The Morgan fingerprint density at radius 3 is 2.08 bits per heavy atom. The SMILES string of the molecule is O=C(O)c1ccc([N+](=O)[O-])cc1.[CsH]. The molecule has 5 nitrogen and oxygen atoms in total. The van der Waals surface area contributed by atoms with E-state index in [9.17, 15) is 14.9 Å². The van der Waals surface area contributed by atoms with Gasteiger partial charge in [0.05, 0.1) is 10.5 Å². The van der Waals surface area contributed by atoms with Crippen molar-refractivity contribution in [2.24, 2.45) is 0 Å². The van der Waals surface area contributed by atoms with Gasteiger partial charge in [-0.1, -0.05) is 0 Å². The molecule has 0 fully saturated rings. The summed E-state index contributed by atoms with van der Waals surface area (Å²) in [7, 11) is 0. The minimum atomic E-state index is -1.09. The van der Waals surface area contributed by atoms with E-state index in [-0.39, 0.29) is 80.1 Å². The third-order valence-corrected chi connectivity index (χ3v) is 1.33. The minimum absolute atomic E-state index is 0. The zero-order valence-corrected chi connectivity index (χ0v) is 5.93. The number of carboxylic acids is 1. The molecule has 13 heavy (non-hydrogen) atoms. The summed E-state index contributed by atoms with van der Waals surface area (Å²) in [6, 6.07) is 4.70. The van der Waals surface area contributed by atoms with Crippen LogP contribution < -0.4 is 0 Å². The average molecular weight is 301 g/mol. The fraction of sp³-hybridized carbons (Fsp3) is 0. The van der Waals surface area contributed by atoms with Gasteiger partial charge in [-0.25, -0.2) is 4.79 Å². The summed E-state index contributed by atoms with van der Waals surface area (Å²) >= 11 is 0. The van der Waals surface area contributed by atoms with E-state index in [1.165, 1.54) is 12.1 Å². The van der Waals surface area contributed by atoms with E-state index in [0.29, 0.717) is 0 Å². The van der Waals surface area contributed by atoms with Crippen molar-refractivity contribution in [1.29, 1.82) is 0 Å². The molecule has 6 heteroatoms. The van der Waals surface area contributed by atoms with Crippen LogP contribution in [0.2, 0.25) is 0 Å². The van der Waals surface area contributed by atoms with Crippen LogP contribution in [0.3, 0.4) is 0 Å². The fourth-order valence-electron chi connectivity index (χ4n) is 0.726. The van der Waals surface area contributed by atoms with Gasteiger partial charge in [-0.05, 0) is 12.1 Å². The molecule has 0 saturated heterocycles. The van der Waals surface area contributed by atoms with Crippen LogP contribution in [0.5, 0.6) is 0 Å². The molecule has 0 saturated carbocycles. The fourth-order valence-corrected chi connectivity index (χ4v) is 0.726. The van der Waals surface area contributed by atoms with Crippen LogP contribution in [0.4, 0.5) is 5.69 Å². The Hall–Kier alpha value is 0.142. The first-order valence-corrected chi connectivity index (χ1v) is 3.09. The van der Waals surface area contributed by atoms with E-state index < -0.39 is 10.9 Å². The van der Waals surface area contributed by atoms with Gasteiger partial charge in [-0.3, -0.25) is 10.1 Å². The monoisotopic (exact) mass is 301 g/mol. The average Bonchev–Trinajstić information content (AvgIpc) is 2.04. The second-order valence-electron chi connectivity index (χ2n) is 2.11. The van der Waals surface area contributed by atoms with Crippen LogP contribution in [0, 0.1) is 10.1 Å². The molecule has 0 bridgehead atoms. The summed E-state index contributed by atoms with van der Waals surface area (Å²) in [5, 5.41) is 18.6. The molecule has 0 radical (unpaired) electrons. The van der Waals surface area contributed by atoms with Crippen LogP contribution in [0.15, 0.2) is 24.3 Å². The number of carboxylic acid groups (broad SMARTS) is 1. The molecule has 64 valence electrons. The summed E-state index contributed by atoms with van der Waals surface area (Å²) < 4.78 is 0. The van der Waals surface area contributed by atoms with Gasteiger partial charge in [-0.15, -0.1) is 0 Å². The van der Waals surface area contributed by atoms with Crippen molar-refractivity contribution in [3.8, 4) is 0 Å². The Morgan fingerprint density at radius 1 is 1.31 bits per heavy atom. The molecule has 0 aliphatic carbocycles. The van der Waals surface area contributed by atoms with Gasteiger partial charge < -0.3 is 5.11 Å². The number of nitro benzene ring substituents is 1. The zero-order chi connectivity index (χ0) is 9.14. The predicted octanol–water partition coefficient (Wildman–Crippen LogP) is 0.644. The van der Waals surface area contributed by atoms with Gasteiger partial charge in [0, 0.05) is 12.1 Å². The van der Waals surface area contributed by atoms with Crippen LogP contribution in [0.1, 0.15) is 10.4 Å². The second kappa shape index (κ2) is 5.78. The standard InChI is InChI=1S/C7H5NO4.Cs.H/c9-7(10)5-1-3-6(4-2-5)8(11)12;;/h1-4H,(H,9,10);;. The summed E-state index contributed by atoms with van der Waals surface area (Å²) in [4.78, 5) is 19.9. The first-order chi connectivity index (χ1) is 5.61. The Labute approximate surface area is 133 Å². The van der Waals surface area contributed by atoms with Gasteiger partial charge >= 0.3 is 74.9 Å². The Bertz CT molecular complexity index is 289. The number of hydrogen-bond acceptors (Lipinski definition) is 3. The van der Waals surface area contributed by atoms with Gasteiger partial charge in [0.2, 0.25) is 0 Å². The molecule has 0 aliphatic rings. The predicted molar refractivity (Wildman–Crippen MR) is 47.2 cm³/mol. The molecule has 0 amide bonds. The first-order valence-electron chi connectivity index (χ1n) is 3.09. The molecule has 0 aliphatic heterocycles. The van der Waals surface area contributed by atoms with E-state index in [2.05, 4.69) is 0 Å². The molecule has 1 aromatic rings. The molecule has 0 spiro atoms. The second-order valence-corrected chi connectivity index (χ2v) is 2.11. The van der Waals surface area contributed by atoms with E-state index >= 15 is 0 Å². The number of non-ortho nitro benzene ring substituents is 1. The molecule has 1 aromatic carbocycles. The third-order valence-electron chi connectivity index (χ3n) is 1.33. The molecular formula is C7H6CsNO4. The zero-order valence-electron chi connectivity index (χ0n) is 5.93. The normalized spacial score (nSPS) is 8.62. The maximum absolute atomic E-state index is 10.3.